The van der Waals surface area contributed by atoms with Gasteiger partial charge in [0.15, 0.2) is 0 Å². The average Bonchev–Trinajstić information content (AvgIpc) is 3.50. The smallest absolute Gasteiger partial charge is 0.259 e. The summed E-state index contributed by atoms with van der Waals surface area (Å²) in [4.78, 5) is 26.9. The van der Waals surface area contributed by atoms with Gasteiger partial charge in [-0.25, -0.2) is 0 Å². The van der Waals surface area contributed by atoms with E-state index in [4.69, 9.17) is 9.47 Å². The lowest BCUT2D eigenvalue weighted by Crippen LogP contribution is -2.28. The van der Waals surface area contributed by atoms with Crippen LogP contribution in [0.1, 0.15) is 82.5 Å². The normalized spacial score (nSPS) is 12.3. The van der Waals surface area contributed by atoms with Crippen molar-refractivity contribution in [2.45, 2.75) is 44.9 Å². The lowest BCUT2D eigenvalue weighted by molar-refractivity contribution is 0.101. The molecule has 6 aromatic carbocycles. The molecule has 0 radical (unpaired) electrons. The molecule has 0 spiro atoms. The highest BCUT2D eigenvalue weighted by Gasteiger charge is 2.45. The Morgan fingerprint density at radius 3 is 1.28 bits per heavy atom. The first kappa shape index (κ1) is 35.3. The van der Waals surface area contributed by atoms with E-state index >= 15 is 0 Å². The van der Waals surface area contributed by atoms with Crippen molar-refractivity contribution in [1.82, 2.24) is 0 Å². The van der Waals surface area contributed by atoms with E-state index < -0.39 is 5.41 Å². The van der Waals surface area contributed by atoms with E-state index in [0.29, 0.717) is 47.2 Å². The minimum Gasteiger partial charge on any atom is -0.493 e. The number of rotatable bonds is 14. The Morgan fingerprint density at radius 1 is 0.491 bits per heavy atom. The van der Waals surface area contributed by atoms with Crippen LogP contribution in [0.4, 0.5) is 11.4 Å². The minimum atomic E-state index is -0.641. The van der Waals surface area contributed by atoms with Crippen molar-refractivity contribution in [2.24, 2.45) is 0 Å². The van der Waals surface area contributed by atoms with Crippen LogP contribution in [0.5, 0.6) is 11.5 Å². The maximum absolute atomic E-state index is 13.5. The molecule has 6 nitrogen and oxygen atoms in total. The molecule has 0 saturated heterocycles. The summed E-state index contributed by atoms with van der Waals surface area (Å²) in [7, 11) is 0. The maximum atomic E-state index is 13.5. The van der Waals surface area contributed by atoms with E-state index in [2.05, 4.69) is 97.3 Å². The standard InChI is InChI=1S/C47H44N2O4/c1-3-5-31-52-43-21-13-9-17-39(43)45(50)48-35-27-23-33(24-28-35)47(41-19-11-7-15-37(41)38-16-8-12-20-42(38)47)34-25-29-36(30-26-34)49-46(51)40-18-10-14-22-44(40)53-32-6-4-2/h7-30H,3-6,31-32H2,1-2H3,(H,48,50)(H,49,51). The highest BCUT2D eigenvalue weighted by atomic mass is 16.5. The molecule has 1 aliphatic carbocycles. The van der Waals surface area contributed by atoms with Crippen LogP contribution in [0.3, 0.4) is 0 Å². The van der Waals surface area contributed by atoms with Crippen LogP contribution in [-0.4, -0.2) is 25.0 Å². The van der Waals surface area contributed by atoms with Crippen molar-refractivity contribution in [3.8, 4) is 22.6 Å². The van der Waals surface area contributed by atoms with Gasteiger partial charge in [0.05, 0.1) is 29.8 Å². The Morgan fingerprint density at radius 2 is 0.868 bits per heavy atom. The number of fused-ring (bicyclic) bond motifs is 3. The van der Waals surface area contributed by atoms with E-state index in [9.17, 15) is 9.59 Å². The first-order valence-electron chi connectivity index (χ1n) is 18.5. The lowest BCUT2D eigenvalue weighted by Gasteiger charge is -2.34. The highest BCUT2D eigenvalue weighted by molar-refractivity contribution is 6.07. The van der Waals surface area contributed by atoms with Gasteiger partial charge in [-0.2, -0.15) is 0 Å². The van der Waals surface area contributed by atoms with Gasteiger partial charge in [0.1, 0.15) is 11.5 Å². The Hall–Kier alpha value is -6.14. The predicted molar refractivity (Wildman–Crippen MR) is 213 cm³/mol. The number of anilines is 2. The van der Waals surface area contributed by atoms with Gasteiger partial charge >= 0.3 is 0 Å². The van der Waals surface area contributed by atoms with Crippen molar-refractivity contribution in [3.63, 3.8) is 0 Å². The summed E-state index contributed by atoms with van der Waals surface area (Å²) in [5.41, 5.74) is 8.56. The third-order valence-corrected chi connectivity index (χ3v) is 9.88. The lowest BCUT2D eigenvalue weighted by atomic mass is 9.67. The van der Waals surface area contributed by atoms with Gasteiger partial charge in [-0.15, -0.1) is 0 Å². The largest absolute Gasteiger partial charge is 0.493 e. The summed E-state index contributed by atoms with van der Waals surface area (Å²) >= 11 is 0. The van der Waals surface area contributed by atoms with Gasteiger partial charge in [-0.05, 0) is 94.8 Å². The second-order valence-electron chi connectivity index (χ2n) is 13.3. The molecule has 1 aliphatic rings. The average molecular weight is 701 g/mol. The Kier molecular flexibility index (Phi) is 10.7. The SMILES string of the molecule is CCCCOc1ccccc1C(=O)Nc1ccc(C2(c3ccc(NC(=O)c4ccccc4OCCCC)cc3)c3ccccc3-c3ccccc32)cc1. The number of hydrogen-bond acceptors (Lipinski definition) is 4. The molecule has 2 amide bonds. The number of ether oxygens (including phenoxy) is 2. The van der Waals surface area contributed by atoms with Gasteiger partial charge < -0.3 is 20.1 Å². The summed E-state index contributed by atoms with van der Waals surface area (Å²) in [5, 5.41) is 6.17. The molecule has 0 bridgehead atoms. The van der Waals surface area contributed by atoms with Crippen molar-refractivity contribution < 1.29 is 19.1 Å². The zero-order valence-electron chi connectivity index (χ0n) is 30.2. The molecule has 6 aromatic rings. The molecule has 6 heteroatoms. The number of nitrogens with one attached hydrogen (secondary N) is 2. The molecule has 0 aromatic heterocycles. The third kappa shape index (κ3) is 7.05. The number of carbonyl (C=O) groups is 2. The van der Waals surface area contributed by atoms with Gasteiger partial charge in [0.2, 0.25) is 0 Å². The third-order valence-electron chi connectivity index (χ3n) is 9.88. The molecule has 0 unspecified atom stereocenters. The van der Waals surface area contributed by atoms with Crippen molar-refractivity contribution >= 4 is 23.2 Å². The first-order valence-corrected chi connectivity index (χ1v) is 18.5. The molecule has 266 valence electrons. The highest BCUT2D eigenvalue weighted by Crippen LogP contribution is 2.56. The minimum absolute atomic E-state index is 0.219. The second kappa shape index (κ2) is 16.0. The molecule has 53 heavy (non-hydrogen) atoms. The summed E-state index contributed by atoms with van der Waals surface area (Å²) < 4.78 is 11.9. The molecule has 0 fully saturated rings. The first-order chi connectivity index (χ1) is 26.0. The summed E-state index contributed by atoms with van der Waals surface area (Å²) in [6.07, 6.45) is 3.88. The number of unbranched alkanes of at least 4 members (excludes halogenated alkanes) is 2. The zero-order chi connectivity index (χ0) is 36.6. The van der Waals surface area contributed by atoms with Gasteiger partial charge in [-0.3, -0.25) is 9.59 Å². The number of para-hydroxylation sites is 2. The summed E-state index contributed by atoms with van der Waals surface area (Å²) in [6, 6.07) is 48.1. The monoisotopic (exact) mass is 700 g/mol. The fourth-order valence-electron chi connectivity index (χ4n) is 7.24. The van der Waals surface area contributed by atoms with Crippen molar-refractivity contribution in [2.75, 3.05) is 23.8 Å². The van der Waals surface area contributed by atoms with Crippen LogP contribution in [0.2, 0.25) is 0 Å². The number of hydrogen-bond donors (Lipinski definition) is 2. The van der Waals surface area contributed by atoms with Crippen LogP contribution in [0.15, 0.2) is 146 Å². The number of carbonyl (C=O) groups excluding carboxylic acids is 2. The topological polar surface area (TPSA) is 76.7 Å². The molecular formula is C47H44N2O4. The molecule has 7 rings (SSSR count). The Bertz CT molecular complexity index is 2050. The van der Waals surface area contributed by atoms with Crippen LogP contribution >= 0.6 is 0 Å². The van der Waals surface area contributed by atoms with E-state index in [-0.39, 0.29) is 11.8 Å². The van der Waals surface area contributed by atoms with Gasteiger partial charge in [-0.1, -0.05) is 124 Å². The molecule has 0 saturated carbocycles. The number of amides is 2. The zero-order valence-corrected chi connectivity index (χ0v) is 30.2. The molecule has 0 heterocycles. The van der Waals surface area contributed by atoms with Crippen molar-refractivity contribution in [1.29, 1.82) is 0 Å². The van der Waals surface area contributed by atoms with Gasteiger partial charge in [0.25, 0.3) is 11.8 Å². The van der Waals surface area contributed by atoms with Crippen LogP contribution < -0.4 is 20.1 Å². The molecule has 2 N–H and O–H groups in total. The van der Waals surface area contributed by atoms with Crippen LogP contribution in [0.25, 0.3) is 11.1 Å². The fraction of sp³-hybridized carbons (Fsp3) is 0.191. The summed E-state index contributed by atoms with van der Waals surface area (Å²) in [5.74, 6) is 0.725. The molecule has 0 atom stereocenters. The Balaban J connectivity index is 1.21. The molecular weight excluding hydrogens is 657 g/mol. The van der Waals surface area contributed by atoms with E-state index in [0.717, 1.165) is 36.8 Å². The van der Waals surface area contributed by atoms with Crippen LogP contribution in [-0.2, 0) is 5.41 Å². The van der Waals surface area contributed by atoms with Crippen molar-refractivity contribution in [3.05, 3.63) is 179 Å². The summed E-state index contributed by atoms with van der Waals surface area (Å²) in [6.45, 7) is 5.35. The van der Waals surface area contributed by atoms with E-state index in [1.807, 2.05) is 60.7 Å². The van der Waals surface area contributed by atoms with E-state index in [1.54, 1.807) is 12.1 Å². The second-order valence-corrected chi connectivity index (χ2v) is 13.3. The quantitative estimate of drug-likeness (QED) is 0.111. The van der Waals surface area contributed by atoms with E-state index in [1.165, 1.54) is 22.3 Å². The molecule has 0 aliphatic heterocycles. The van der Waals surface area contributed by atoms with Crippen LogP contribution in [0, 0.1) is 0 Å². The maximum Gasteiger partial charge on any atom is 0.259 e. The Labute approximate surface area is 311 Å². The fourth-order valence-corrected chi connectivity index (χ4v) is 7.24. The van der Waals surface area contributed by atoms with Gasteiger partial charge in [0, 0.05) is 11.4 Å². The predicted octanol–water partition coefficient (Wildman–Crippen LogP) is 10.9. The number of benzene rings is 6.